The van der Waals surface area contributed by atoms with Gasteiger partial charge in [-0.2, -0.15) is 5.10 Å². The van der Waals surface area contributed by atoms with Crippen molar-refractivity contribution in [2.24, 2.45) is 10.9 Å². The van der Waals surface area contributed by atoms with Crippen molar-refractivity contribution in [3.63, 3.8) is 0 Å². The molecule has 0 bridgehead atoms. The molecule has 1 atom stereocenters. The quantitative estimate of drug-likeness (QED) is 0.371. The first kappa shape index (κ1) is 22.2. The topological polar surface area (TPSA) is 57.5 Å². The van der Waals surface area contributed by atoms with Gasteiger partial charge < -0.3 is 15.5 Å². The normalized spacial score (nSPS) is 17.0. The van der Waals surface area contributed by atoms with Crippen molar-refractivity contribution < 1.29 is 0 Å². The predicted octanol–water partition coefficient (Wildman–Crippen LogP) is 2.40. The van der Waals surface area contributed by atoms with Gasteiger partial charge in [0.1, 0.15) is 0 Å². The van der Waals surface area contributed by atoms with Crippen LogP contribution in [0.3, 0.4) is 0 Å². The summed E-state index contributed by atoms with van der Waals surface area (Å²) >= 11 is 0. The highest BCUT2D eigenvalue weighted by Crippen LogP contribution is 2.07. The lowest BCUT2D eigenvalue weighted by Gasteiger charge is -2.26. The fraction of sp³-hybridized carbons (Fsp3) is 0.778. The van der Waals surface area contributed by atoms with E-state index in [1.807, 2.05) is 14.0 Å². The average Bonchev–Trinajstić information content (AvgIpc) is 2.89. The van der Waals surface area contributed by atoms with E-state index in [0.29, 0.717) is 5.92 Å². The van der Waals surface area contributed by atoms with Crippen LogP contribution in [0.25, 0.3) is 0 Å². The van der Waals surface area contributed by atoms with Crippen LogP contribution >= 0.6 is 24.0 Å². The molecule has 0 aliphatic carbocycles. The van der Waals surface area contributed by atoms with Gasteiger partial charge in [0.15, 0.2) is 5.96 Å². The van der Waals surface area contributed by atoms with E-state index in [-0.39, 0.29) is 24.0 Å². The zero-order valence-electron chi connectivity index (χ0n) is 16.2. The second-order valence-corrected chi connectivity index (χ2v) is 7.00. The lowest BCUT2D eigenvalue weighted by atomic mass is 10.1. The van der Waals surface area contributed by atoms with Crippen molar-refractivity contribution in [2.75, 3.05) is 39.8 Å². The summed E-state index contributed by atoms with van der Waals surface area (Å²) in [4.78, 5) is 6.86. The average molecular weight is 462 g/mol. The molecule has 1 aromatic rings. The van der Waals surface area contributed by atoms with E-state index < -0.39 is 0 Å². The highest BCUT2D eigenvalue weighted by atomic mass is 127. The van der Waals surface area contributed by atoms with E-state index in [1.165, 1.54) is 38.0 Å². The Kier molecular flexibility index (Phi) is 10.4. The fourth-order valence-corrected chi connectivity index (χ4v) is 3.23. The van der Waals surface area contributed by atoms with Crippen LogP contribution in [0.4, 0.5) is 0 Å². The summed E-state index contributed by atoms with van der Waals surface area (Å²) in [6.45, 7) is 12.7. The molecule has 2 heterocycles. The molecule has 1 aromatic heterocycles. The molecule has 0 saturated carbocycles. The Morgan fingerprint density at radius 1 is 1.24 bits per heavy atom. The van der Waals surface area contributed by atoms with Crippen LogP contribution in [0.2, 0.25) is 0 Å². The van der Waals surface area contributed by atoms with E-state index in [0.717, 1.165) is 37.8 Å². The monoisotopic (exact) mass is 462 g/mol. The number of aryl methyl sites for hydroxylation is 2. The molecule has 0 spiro atoms. The third-order valence-electron chi connectivity index (χ3n) is 4.60. The third-order valence-corrected chi connectivity index (χ3v) is 4.60. The lowest BCUT2D eigenvalue weighted by Crippen LogP contribution is -2.44. The summed E-state index contributed by atoms with van der Waals surface area (Å²) in [6, 6.07) is 2.13. The Balaban J connectivity index is 0.00000312. The molecule has 0 aromatic carbocycles. The van der Waals surface area contributed by atoms with Gasteiger partial charge in [-0.15, -0.1) is 24.0 Å². The molecular weight excluding hydrogens is 427 g/mol. The minimum Gasteiger partial charge on any atom is -0.356 e. The van der Waals surface area contributed by atoms with Crippen molar-refractivity contribution in [3.05, 3.63) is 17.5 Å². The number of aromatic nitrogens is 2. The van der Waals surface area contributed by atoms with E-state index in [2.05, 4.69) is 50.2 Å². The van der Waals surface area contributed by atoms with Crippen LogP contribution in [0, 0.1) is 19.8 Å². The number of nitrogens with zero attached hydrogens (tertiary/aromatic N) is 4. The first-order valence-electron chi connectivity index (χ1n) is 9.26. The first-order chi connectivity index (χ1) is 11.6. The van der Waals surface area contributed by atoms with Crippen LogP contribution in [0.5, 0.6) is 0 Å². The van der Waals surface area contributed by atoms with Crippen molar-refractivity contribution in [1.82, 2.24) is 25.3 Å². The standard InChI is InChI=1S/C18H34N6.HI/c1-15(14-24-17(3)12-16(2)22-24)13-21-18(19-4)20-8-11-23-9-6-5-7-10-23;/h12,15H,5-11,13-14H2,1-4H3,(H2,19,20,21);1H. The molecule has 1 saturated heterocycles. The van der Waals surface area contributed by atoms with Gasteiger partial charge in [0.05, 0.1) is 5.69 Å². The van der Waals surface area contributed by atoms with Gasteiger partial charge >= 0.3 is 0 Å². The van der Waals surface area contributed by atoms with E-state index in [4.69, 9.17) is 0 Å². The van der Waals surface area contributed by atoms with Gasteiger partial charge in [-0.05, 0) is 51.8 Å². The van der Waals surface area contributed by atoms with Crippen molar-refractivity contribution in [2.45, 2.75) is 46.6 Å². The van der Waals surface area contributed by atoms with Crippen LogP contribution < -0.4 is 10.6 Å². The fourth-order valence-electron chi connectivity index (χ4n) is 3.23. The van der Waals surface area contributed by atoms with Crippen LogP contribution in [0.15, 0.2) is 11.1 Å². The molecule has 0 radical (unpaired) electrons. The molecular formula is C18H35IN6. The Labute approximate surface area is 169 Å². The number of piperidine rings is 1. The van der Waals surface area contributed by atoms with Gasteiger partial charge in [-0.3, -0.25) is 9.67 Å². The second-order valence-electron chi connectivity index (χ2n) is 7.00. The molecule has 6 nitrogen and oxygen atoms in total. The SMILES string of the molecule is CN=C(NCCN1CCCCC1)NCC(C)Cn1nc(C)cc1C.I. The molecule has 1 aliphatic rings. The van der Waals surface area contributed by atoms with Crippen molar-refractivity contribution in [3.8, 4) is 0 Å². The Morgan fingerprint density at radius 3 is 2.56 bits per heavy atom. The van der Waals surface area contributed by atoms with Gasteiger partial charge in [0.2, 0.25) is 0 Å². The van der Waals surface area contributed by atoms with Crippen LogP contribution in [-0.4, -0.2) is 60.4 Å². The minimum atomic E-state index is 0. The molecule has 1 fully saturated rings. The number of halogens is 1. The van der Waals surface area contributed by atoms with Crippen LogP contribution in [-0.2, 0) is 6.54 Å². The zero-order chi connectivity index (χ0) is 17.4. The number of likely N-dealkylation sites (tertiary alicyclic amines) is 1. The van der Waals surface area contributed by atoms with Gasteiger partial charge in [-0.25, -0.2) is 0 Å². The summed E-state index contributed by atoms with van der Waals surface area (Å²) < 4.78 is 2.09. The number of aliphatic imine (C=N–C) groups is 1. The van der Waals surface area contributed by atoms with Gasteiger partial charge in [-0.1, -0.05) is 13.3 Å². The largest absolute Gasteiger partial charge is 0.356 e. The molecule has 7 heteroatoms. The maximum absolute atomic E-state index is 4.54. The van der Waals surface area contributed by atoms with Crippen LogP contribution in [0.1, 0.15) is 37.6 Å². The maximum atomic E-state index is 4.54. The highest BCUT2D eigenvalue weighted by Gasteiger charge is 2.10. The zero-order valence-corrected chi connectivity index (χ0v) is 18.5. The number of hydrogen-bond acceptors (Lipinski definition) is 3. The number of hydrogen-bond donors (Lipinski definition) is 2. The van der Waals surface area contributed by atoms with E-state index >= 15 is 0 Å². The Morgan fingerprint density at radius 2 is 1.96 bits per heavy atom. The van der Waals surface area contributed by atoms with Gasteiger partial charge in [0, 0.05) is 38.9 Å². The molecule has 144 valence electrons. The summed E-state index contributed by atoms with van der Waals surface area (Å²) in [5, 5.41) is 11.4. The van der Waals surface area contributed by atoms with Crippen molar-refractivity contribution >= 4 is 29.9 Å². The smallest absolute Gasteiger partial charge is 0.191 e. The third kappa shape index (κ3) is 7.94. The second kappa shape index (κ2) is 11.7. The number of rotatable bonds is 7. The van der Waals surface area contributed by atoms with Gasteiger partial charge in [0.25, 0.3) is 0 Å². The number of guanidine groups is 1. The Bertz CT molecular complexity index is 522. The maximum Gasteiger partial charge on any atom is 0.191 e. The van der Waals surface area contributed by atoms with E-state index in [1.54, 1.807) is 0 Å². The molecule has 1 unspecified atom stereocenters. The lowest BCUT2D eigenvalue weighted by molar-refractivity contribution is 0.232. The predicted molar refractivity (Wildman–Crippen MR) is 116 cm³/mol. The van der Waals surface area contributed by atoms with E-state index in [9.17, 15) is 0 Å². The number of nitrogens with one attached hydrogen (secondary N) is 2. The summed E-state index contributed by atoms with van der Waals surface area (Å²) in [5.41, 5.74) is 2.31. The minimum absolute atomic E-state index is 0. The molecule has 1 aliphatic heterocycles. The highest BCUT2D eigenvalue weighted by molar-refractivity contribution is 14.0. The first-order valence-corrected chi connectivity index (χ1v) is 9.26. The molecule has 0 amide bonds. The van der Waals surface area contributed by atoms with Crippen molar-refractivity contribution in [1.29, 1.82) is 0 Å². The molecule has 25 heavy (non-hydrogen) atoms. The summed E-state index contributed by atoms with van der Waals surface area (Å²) in [7, 11) is 1.84. The summed E-state index contributed by atoms with van der Waals surface area (Å²) in [5.74, 6) is 1.39. The molecule has 2 N–H and O–H groups in total. The Hall–Kier alpha value is -0.830. The molecule has 2 rings (SSSR count). The summed E-state index contributed by atoms with van der Waals surface area (Å²) in [6.07, 6.45) is 4.08.